The lowest BCUT2D eigenvalue weighted by molar-refractivity contribution is -0.119. The van der Waals surface area contributed by atoms with Gasteiger partial charge in [0, 0.05) is 50.4 Å². The van der Waals surface area contributed by atoms with Gasteiger partial charge in [0.1, 0.15) is 0 Å². The van der Waals surface area contributed by atoms with Crippen LogP contribution in [0.15, 0.2) is 42.5 Å². The summed E-state index contributed by atoms with van der Waals surface area (Å²) in [7, 11) is 0. The third kappa shape index (κ3) is 6.06. The Hall–Kier alpha value is -3.51. The number of halogens is 2. The number of nitriles is 1. The Morgan fingerprint density at radius 3 is 2.77 bits per heavy atom. The standard InChI is InChI=1S/C30H35F2N5O2/c1-20(38)34-25-9-13-36(19-25)11-3-12-37(29(39)35-24-6-7-27(31)28(32)16-24)26-8-10-30(17-23(30)15-26)22-5-2-4-21(14-22)18-33/h2,4-7,14,16,23,25-26H,3,8-13,15,17,19H2,1H3,(H,34,38)(H,35,39)/t23?,25?,26-,30+/m1/s1. The van der Waals surface area contributed by atoms with Crippen LogP contribution in [0.3, 0.4) is 0 Å². The first kappa shape index (κ1) is 27.1. The van der Waals surface area contributed by atoms with E-state index in [2.05, 4.69) is 27.7 Å². The molecule has 4 atom stereocenters. The molecule has 2 N–H and O–H groups in total. The number of benzene rings is 2. The number of carbonyl (C=O) groups excluding carboxylic acids is 2. The summed E-state index contributed by atoms with van der Waals surface area (Å²) in [5, 5.41) is 15.1. The fourth-order valence-electron chi connectivity index (χ4n) is 6.67. The lowest BCUT2D eigenvalue weighted by Crippen LogP contribution is -2.46. The molecule has 1 heterocycles. The largest absolute Gasteiger partial charge is 0.352 e. The van der Waals surface area contributed by atoms with E-state index >= 15 is 0 Å². The number of urea groups is 1. The zero-order valence-corrected chi connectivity index (χ0v) is 22.3. The number of nitrogens with one attached hydrogen (secondary N) is 2. The summed E-state index contributed by atoms with van der Waals surface area (Å²) in [4.78, 5) is 29.0. The van der Waals surface area contributed by atoms with E-state index in [0.717, 1.165) is 70.3 Å². The molecule has 0 radical (unpaired) electrons. The van der Waals surface area contributed by atoms with E-state index in [1.807, 2.05) is 23.1 Å². The molecule has 3 aliphatic rings. The number of rotatable bonds is 8. The lowest BCUT2D eigenvalue weighted by Gasteiger charge is -2.37. The van der Waals surface area contributed by atoms with Gasteiger partial charge in [-0.2, -0.15) is 5.26 Å². The van der Waals surface area contributed by atoms with Crippen LogP contribution in [0.1, 0.15) is 56.6 Å². The van der Waals surface area contributed by atoms with E-state index in [9.17, 15) is 23.6 Å². The zero-order chi connectivity index (χ0) is 27.6. The lowest BCUT2D eigenvalue weighted by atomic mass is 9.80. The molecule has 0 bridgehead atoms. The van der Waals surface area contributed by atoms with Gasteiger partial charge in [-0.1, -0.05) is 12.1 Å². The van der Waals surface area contributed by atoms with Crippen LogP contribution in [-0.2, 0) is 10.2 Å². The molecule has 1 saturated heterocycles. The van der Waals surface area contributed by atoms with Gasteiger partial charge < -0.3 is 20.4 Å². The minimum Gasteiger partial charge on any atom is -0.352 e. The molecule has 0 aromatic heterocycles. The second kappa shape index (κ2) is 11.3. The Morgan fingerprint density at radius 1 is 1.18 bits per heavy atom. The highest BCUT2D eigenvalue weighted by molar-refractivity contribution is 5.89. The smallest absolute Gasteiger partial charge is 0.322 e. The normalized spacial score (nSPS) is 25.8. The van der Waals surface area contributed by atoms with Crippen molar-refractivity contribution in [1.82, 2.24) is 15.1 Å². The highest BCUT2D eigenvalue weighted by atomic mass is 19.2. The van der Waals surface area contributed by atoms with E-state index in [1.54, 1.807) is 0 Å². The molecule has 2 unspecified atom stereocenters. The summed E-state index contributed by atoms with van der Waals surface area (Å²) in [5.41, 5.74) is 2.20. The molecule has 3 amide bonds. The quantitative estimate of drug-likeness (QED) is 0.509. The number of fused-ring (bicyclic) bond motifs is 1. The fraction of sp³-hybridized carbons (Fsp3) is 0.500. The summed E-state index contributed by atoms with van der Waals surface area (Å²) in [5.74, 6) is -1.52. The number of anilines is 1. The Balaban J connectivity index is 1.24. The van der Waals surface area contributed by atoms with Gasteiger partial charge in [-0.25, -0.2) is 13.6 Å². The van der Waals surface area contributed by atoms with E-state index in [4.69, 9.17) is 0 Å². The first-order valence-electron chi connectivity index (χ1n) is 13.8. The van der Waals surface area contributed by atoms with Crippen molar-refractivity contribution in [3.8, 4) is 6.07 Å². The van der Waals surface area contributed by atoms with E-state index in [0.29, 0.717) is 18.0 Å². The van der Waals surface area contributed by atoms with Crippen LogP contribution in [-0.4, -0.2) is 60.0 Å². The van der Waals surface area contributed by atoms with Crippen molar-refractivity contribution >= 4 is 17.6 Å². The van der Waals surface area contributed by atoms with Crippen LogP contribution in [0.4, 0.5) is 19.3 Å². The van der Waals surface area contributed by atoms with E-state index < -0.39 is 11.6 Å². The SMILES string of the molecule is CC(=O)NC1CCN(CCCN(C(=O)Nc2ccc(F)c(F)c2)[C@@H]2CC[C@@]3(c4cccc(C#N)c4)CC3C2)C1. The van der Waals surface area contributed by atoms with Gasteiger partial charge in [-0.05, 0) is 86.2 Å². The highest BCUT2D eigenvalue weighted by Gasteiger charge is 2.58. The molecule has 2 aromatic rings. The van der Waals surface area contributed by atoms with Crippen LogP contribution in [0, 0.1) is 28.9 Å². The van der Waals surface area contributed by atoms with E-state index in [-0.39, 0.29) is 35.1 Å². The summed E-state index contributed by atoms with van der Waals surface area (Å²) in [6.07, 6.45) is 5.39. The first-order valence-corrected chi connectivity index (χ1v) is 13.8. The van der Waals surface area contributed by atoms with Crippen molar-refractivity contribution < 1.29 is 18.4 Å². The molecule has 2 aromatic carbocycles. The van der Waals surface area contributed by atoms with Crippen LogP contribution < -0.4 is 10.6 Å². The highest BCUT2D eigenvalue weighted by Crippen LogP contribution is 2.62. The summed E-state index contributed by atoms with van der Waals surface area (Å²) >= 11 is 0. The molecule has 206 valence electrons. The third-order valence-corrected chi connectivity index (χ3v) is 8.70. The maximum Gasteiger partial charge on any atom is 0.322 e. The molecule has 5 rings (SSSR count). The maximum atomic E-state index is 13.8. The number of hydrogen-bond donors (Lipinski definition) is 2. The van der Waals surface area contributed by atoms with Gasteiger partial charge in [-0.3, -0.25) is 4.79 Å². The van der Waals surface area contributed by atoms with Crippen LogP contribution >= 0.6 is 0 Å². The average molecular weight is 536 g/mol. The minimum absolute atomic E-state index is 0.0188. The second-order valence-corrected chi connectivity index (χ2v) is 11.3. The van der Waals surface area contributed by atoms with Crippen LogP contribution in [0.25, 0.3) is 0 Å². The monoisotopic (exact) mass is 535 g/mol. The van der Waals surface area contributed by atoms with Crippen molar-refractivity contribution in [3.05, 3.63) is 65.2 Å². The van der Waals surface area contributed by atoms with Gasteiger partial charge in [0.2, 0.25) is 5.91 Å². The molecule has 0 spiro atoms. The van der Waals surface area contributed by atoms with Gasteiger partial charge in [0.05, 0.1) is 11.6 Å². The fourth-order valence-corrected chi connectivity index (χ4v) is 6.67. The zero-order valence-electron chi connectivity index (χ0n) is 22.3. The summed E-state index contributed by atoms with van der Waals surface area (Å²) < 4.78 is 27.2. The molecule has 3 fully saturated rings. The molecule has 1 aliphatic heterocycles. The number of nitrogens with zero attached hydrogens (tertiary/aromatic N) is 3. The number of amides is 3. The Morgan fingerprint density at radius 2 is 2.03 bits per heavy atom. The van der Waals surface area contributed by atoms with Gasteiger partial charge >= 0.3 is 6.03 Å². The van der Waals surface area contributed by atoms with Crippen LogP contribution in [0.2, 0.25) is 0 Å². The van der Waals surface area contributed by atoms with E-state index in [1.165, 1.54) is 18.6 Å². The predicted octanol–water partition coefficient (Wildman–Crippen LogP) is 4.78. The topological polar surface area (TPSA) is 88.5 Å². The summed E-state index contributed by atoms with van der Waals surface area (Å²) in [6, 6.07) is 13.4. The number of likely N-dealkylation sites (tertiary alicyclic amines) is 1. The van der Waals surface area contributed by atoms with Gasteiger partial charge in [0.15, 0.2) is 11.6 Å². The molecule has 2 aliphatic carbocycles. The Kier molecular flexibility index (Phi) is 7.85. The van der Waals surface area contributed by atoms with Crippen LogP contribution in [0.5, 0.6) is 0 Å². The van der Waals surface area contributed by atoms with Crippen molar-refractivity contribution in [1.29, 1.82) is 5.26 Å². The minimum atomic E-state index is -0.998. The first-order chi connectivity index (χ1) is 18.8. The molecular weight excluding hydrogens is 500 g/mol. The van der Waals surface area contributed by atoms with Gasteiger partial charge in [0.25, 0.3) is 0 Å². The molecule has 2 saturated carbocycles. The Labute approximate surface area is 228 Å². The number of carbonyl (C=O) groups is 2. The maximum absolute atomic E-state index is 13.8. The number of hydrogen-bond acceptors (Lipinski definition) is 4. The molecule has 9 heteroatoms. The van der Waals surface area contributed by atoms with Crippen molar-refractivity contribution in [3.63, 3.8) is 0 Å². The molecule has 39 heavy (non-hydrogen) atoms. The average Bonchev–Trinajstić information content (AvgIpc) is 3.51. The predicted molar refractivity (Wildman–Crippen MR) is 144 cm³/mol. The molecule has 7 nitrogen and oxygen atoms in total. The molecular formula is C30H35F2N5O2. The summed E-state index contributed by atoms with van der Waals surface area (Å²) in [6.45, 7) is 4.60. The second-order valence-electron chi connectivity index (χ2n) is 11.3. The Bertz CT molecular complexity index is 1280. The van der Waals surface area contributed by atoms with Crippen molar-refractivity contribution in [2.45, 2.75) is 62.9 Å². The van der Waals surface area contributed by atoms with Gasteiger partial charge in [-0.15, -0.1) is 0 Å². The third-order valence-electron chi connectivity index (χ3n) is 8.70. The van der Waals surface area contributed by atoms with Crippen molar-refractivity contribution in [2.75, 3.05) is 31.5 Å². The van der Waals surface area contributed by atoms with Crippen molar-refractivity contribution in [2.24, 2.45) is 5.92 Å².